The first-order valence-electron chi connectivity index (χ1n) is 6.98. The summed E-state index contributed by atoms with van der Waals surface area (Å²) in [6.45, 7) is 4.10. The zero-order valence-corrected chi connectivity index (χ0v) is 14.4. The van der Waals surface area contributed by atoms with Gasteiger partial charge in [0.1, 0.15) is 11.6 Å². The van der Waals surface area contributed by atoms with Crippen LogP contribution in [0.15, 0.2) is 12.1 Å². The van der Waals surface area contributed by atoms with Crippen molar-refractivity contribution in [2.24, 2.45) is 5.92 Å². The van der Waals surface area contributed by atoms with Crippen LogP contribution in [0.25, 0.3) is 11.0 Å². The Kier molecular flexibility index (Phi) is 3.97. The van der Waals surface area contributed by atoms with E-state index in [1.54, 1.807) is 12.1 Å². The molecule has 2 nitrogen and oxygen atoms in total. The maximum Gasteiger partial charge on any atom is 0.138 e. The van der Waals surface area contributed by atoms with Gasteiger partial charge in [-0.2, -0.15) is 0 Å². The standard InChI is InChI=1S/C15H17ClFIN2/c1-8(5-10-3-4-10)20-14-6-11(17)12(18)7-13(14)19-15(20)9(2)16/h6-10H,3-5H2,1-2H3. The van der Waals surface area contributed by atoms with E-state index in [0.717, 1.165) is 29.2 Å². The number of imidazole rings is 1. The molecule has 1 fully saturated rings. The van der Waals surface area contributed by atoms with E-state index in [0.29, 0.717) is 9.61 Å². The fourth-order valence-electron chi connectivity index (χ4n) is 2.79. The van der Waals surface area contributed by atoms with Gasteiger partial charge in [0.15, 0.2) is 0 Å². The minimum absolute atomic E-state index is 0.176. The highest BCUT2D eigenvalue weighted by Crippen LogP contribution is 2.39. The van der Waals surface area contributed by atoms with Crippen LogP contribution < -0.4 is 0 Å². The third-order valence-corrected chi connectivity index (χ3v) is 4.95. The summed E-state index contributed by atoms with van der Waals surface area (Å²) in [4.78, 5) is 4.62. The third kappa shape index (κ3) is 2.69. The average Bonchev–Trinajstić information content (AvgIpc) is 3.10. The molecule has 20 heavy (non-hydrogen) atoms. The Hall–Kier alpha value is -0.360. The van der Waals surface area contributed by atoms with Crippen molar-refractivity contribution in [2.75, 3.05) is 0 Å². The predicted molar refractivity (Wildman–Crippen MR) is 88.7 cm³/mol. The summed E-state index contributed by atoms with van der Waals surface area (Å²) in [7, 11) is 0. The molecule has 0 amide bonds. The first-order valence-corrected chi connectivity index (χ1v) is 8.50. The van der Waals surface area contributed by atoms with Crippen LogP contribution >= 0.6 is 34.2 Å². The largest absolute Gasteiger partial charge is 0.324 e. The summed E-state index contributed by atoms with van der Waals surface area (Å²) >= 11 is 8.28. The highest BCUT2D eigenvalue weighted by Gasteiger charge is 2.27. The van der Waals surface area contributed by atoms with Gasteiger partial charge in [-0.05, 0) is 54.8 Å². The van der Waals surface area contributed by atoms with E-state index < -0.39 is 0 Å². The smallest absolute Gasteiger partial charge is 0.138 e. The lowest BCUT2D eigenvalue weighted by molar-refractivity contribution is 0.471. The van der Waals surface area contributed by atoms with E-state index in [4.69, 9.17) is 11.6 Å². The number of hydrogen-bond donors (Lipinski definition) is 0. The van der Waals surface area contributed by atoms with E-state index in [2.05, 4.69) is 16.5 Å². The first kappa shape index (κ1) is 14.6. The molecule has 108 valence electrons. The SMILES string of the molecule is CC(Cl)c1nc2cc(I)c(F)cc2n1C(C)CC1CC1. The molecule has 1 aromatic heterocycles. The second-order valence-electron chi connectivity index (χ2n) is 5.74. The molecular formula is C15H17ClFIN2. The Balaban J connectivity index is 2.14. The average molecular weight is 407 g/mol. The summed E-state index contributed by atoms with van der Waals surface area (Å²) in [5.74, 6) is 1.47. The maximum atomic E-state index is 13.9. The Morgan fingerprint density at radius 1 is 1.45 bits per heavy atom. The summed E-state index contributed by atoms with van der Waals surface area (Å²) < 4.78 is 16.6. The van der Waals surface area contributed by atoms with E-state index in [1.807, 2.05) is 29.5 Å². The Morgan fingerprint density at radius 2 is 2.15 bits per heavy atom. The van der Waals surface area contributed by atoms with Gasteiger partial charge in [0.05, 0.1) is 20.0 Å². The molecule has 0 radical (unpaired) electrons. The molecular weight excluding hydrogens is 390 g/mol. The normalized spacial score (nSPS) is 18.4. The lowest BCUT2D eigenvalue weighted by atomic mass is 10.1. The summed E-state index contributed by atoms with van der Waals surface area (Å²) in [5.41, 5.74) is 1.69. The highest BCUT2D eigenvalue weighted by atomic mass is 127. The van der Waals surface area contributed by atoms with Gasteiger partial charge in [-0.25, -0.2) is 9.37 Å². The Morgan fingerprint density at radius 3 is 2.75 bits per heavy atom. The molecule has 1 aliphatic carbocycles. The quantitative estimate of drug-likeness (QED) is 0.488. The van der Waals surface area contributed by atoms with E-state index >= 15 is 0 Å². The molecule has 1 saturated carbocycles. The van der Waals surface area contributed by atoms with Crippen LogP contribution in [0.5, 0.6) is 0 Å². The van der Waals surface area contributed by atoms with Gasteiger partial charge in [-0.1, -0.05) is 12.8 Å². The molecule has 3 rings (SSSR count). The van der Waals surface area contributed by atoms with E-state index in [9.17, 15) is 4.39 Å². The molecule has 0 saturated heterocycles. The molecule has 2 atom stereocenters. The van der Waals surface area contributed by atoms with E-state index in [-0.39, 0.29) is 11.2 Å². The monoisotopic (exact) mass is 406 g/mol. The molecule has 2 aromatic rings. The fraction of sp³-hybridized carbons (Fsp3) is 0.533. The van der Waals surface area contributed by atoms with E-state index in [1.165, 1.54) is 12.8 Å². The van der Waals surface area contributed by atoms with Gasteiger partial charge in [0, 0.05) is 12.1 Å². The van der Waals surface area contributed by atoms with Crippen LogP contribution in [0, 0.1) is 15.3 Å². The molecule has 2 unspecified atom stereocenters. The molecule has 1 aromatic carbocycles. The lowest BCUT2D eigenvalue weighted by Gasteiger charge is -2.18. The topological polar surface area (TPSA) is 17.8 Å². The second-order valence-corrected chi connectivity index (χ2v) is 7.56. The molecule has 1 heterocycles. The number of aromatic nitrogens is 2. The Bertz CT molecular complexity index is 649. The second kappa shape index (κ2) is 5.44. The molecule has 0 spiro atoms. The molecule has 0 bridgehead atoms. The van der Waals surface area contributed by atoms with Crippen LogP contribution in [0.1, 0.15) is 50.4 Å². The van der Waals surface area contributed by atoms with Crippen molar-refractivity contribution in [3.8, 4) is 0 Å². The van der Waals surface area contributed by atoms with Gasteiger partial charge in [-0.3, -0.25) is 0 Å². The van der Waals surface area contributed by atoms with Crippen molar-refractivity contribution in [1.82, 2.24) is 9.55 Å². The van der Waals surface area contributed by atoms with Gasteiger partial charge in [0.25, 0.3) is 0 Å². The zero-order chi connectivity index (χ0) is 14.4. The van der Waals surface area contributed by atoms with Crippen LogP contribution in [-0.4, -0.2) is 9.55 Å². The summed E-state index contributed by atoms with van der Waals surface area (Å²) in [6, 6.07) is 3.70. The van der Waals surface area contributed by atoms with Gasteiger partial charge < -0.3 is 4.57 Å². The highest BCUT2D eigenvalue weighted by molar-refractivity contribution is 14.1. The van der Waals surface area contributed by atoms with Crippen LogP contribution in [-0.2, 0) is 0 Å². The van der Waals surface area contributed by atoms with Crippen molar-refractivity contribution >= 4 is 45.2 Å². The Labute approximate surface area is 136 Å². The zero-order valence-electron chi connectivity index (χ0n) is 11.5. The van der Waals surface area contributed by atoms with Crippen molar-refractivity contribution in [3.05, 3.63) is 27.3 Å². The minimum atomic E-state index is -0.188. The van der Waals surface area contributed by atoms with Crippen LogP contribution in [0.3, 0.4) is 0 Å². The van der Waals surface area contributed by atoms with Gasteiger partial charge in [0.2, 0.25) is 0 Å². The minimum Gasteiger partial charge on any atom is -0.324 e. The van der Waals surface area contributed by atoms with Gasteiger partial charge in [-0.15, -0.1) is 11.6 Å². The predicted octanol–water partition coefficient (Wildman–Crippen LogP) is 5.44. The number of benzene rings is 1. The van der Waals surface area contributed by atoms with Crippen molar-refractivity contribution < 1.29 is 4.39 Å². The summed E-state index contributed by atoms with van der Waals surface area (Å²) in [5, 5.41) is -0.176. The van der Waals surface area contributed by atoms with Crippen molar-refractivity contribution in [3.63, 3.8) is 0 Å². The van der Waals surface area contributed by atoms with Crippen LogP contribution in [0.4, 0.5) is 4.39 Å². The maximum absolute atomic E-state index is 13.9. The number of alkyl halides is 1. The summed E-state index contributed by atoms with van der Waals surface area (Å²) in [6.07, 6.45) is 3.75. The lowest BCUT2D eigenvalue weighted by Crippen LogP contribution is -2.10. The first-order chi connectivity index (χ1) is 9.47. The number of fused-ring (bicyclic) bond motifs is 1. The number of halogens is 3. The third-order valence-electron chi connectivity index (χ3n) is 3.93. The fourth-order valence-corrected chi connectivity index (χ4v) is 3.40. The van der Waals surface area contributed by atoms with Crippen molar-refractivity contribution in [1.29, 1.82) is 0 Å². The molecule has 5 heteroatoms. The number of rotatable bonds is 4. The van der Waals surface area contributed by atoms with Crippen molar-refractivity contribution in [2.45, 2.75) is 44.5 Å². The number of nitrogens with zero attached hydrogens (tertiary/aromatic N) is 2. The number of hydrogen-bond acceptors (Lipinski definition) is 1. The van der Waals surface area contributed by atoms with Gasteiger partial charge >= 0.3 is 0 Å². The molecule has 1 aliphatic rings. The molecule has 0 aliphatic heterocycles. The van der Waals surface area contributed by atoms with Crippen LogP contribution in [0.2, 0.25) is 0 Å². The molecule has 0 N–H and O–H groups in total.